The average Bonchev–Trinajstić information content (AvgIpc) is 3.10. The molecule has 1 unspecified atom stereocenters. The summed E-state index contributed by atoms with van der Waals surface area (Å²) >= 11 is 1.38. The highest BCUT2D eigenvalue weighted by atomic mass is 32.2. The number of allylic oxidation sites excluding steroid dienone is 1. The summed E-state index contributed by atoms with van der Waals surface area (Å²) in [5, 5.41) is 19.9. The number of nitrogens with zero attached hydrogens (tertiary/aromatic N) is 1. The molecule has 0 bridgehead atoms. The highest BCUT2D eigenvalue weighted by molar-refractivity contribution is 8.04. The summed E-state index contributed by atoms with van der Waals surface area (Å²) in [5.41, 5.74) is 2.20. The van der Waals surface area contributed by atoms with E-state index in [0.29, 0.717) is 43.4 Å². The van der Waals surface area contributed by atoms with Crippen LogP contribution in [0.1, 0.15) is 68.8 Å². The molecule has 6 heteroatoms. The van der Waals surface area contributed by atoms with Crippen molar-refractivity contribution in [1.82, 2.24) is 4.90 Å². The van der Waals surface area contributed by atoms with Crippen LogP contribution in [0.15, 0.2) is 34.9 Å². The minimum Gasteiger partial charge on any atom is -0.477 e. The fourth-order valence-corrected chi connectivity index (χ4v) is 5.34. The second kappa shape index (κ2) is 8.52. The molecule has 1 aromatic rings. The summed E-state index contributed by atoms with van der Waals surface area (Å²) in [6.07, 6.45) is 2.85. The van der Waals surface area contributed by atoms with Gasteiger partial charge in [-0.2, -0.15) is 0 Å². The molecule has 1 amide bonds. The molecule has 0 spiro atoms. The molecule has 1 aliphatic heterocycles. The third kappa shape index (κ3) is 4.86. The number of carboxylic acids is 1. The number of carbonyl (C=O) groups is 2. The number of thioether (sulfide) groups is 1. The Morgan fingerprint density at radius 1 is 1.07 bits per heavy atom. The number of benzene rings is 1. The van der Waals surface area contributed by atoms with Gasteiger partial charge in [0.25, 0.3) is 5.91 Å². The Morgan fingerprint density at radius 2 is 1.66 bits per heavy atom. The topological polar surface area (TPSA) is 77.8 Å². The number of carbonyl (C=O) groups excluding carboxylic acids is 1. The minimum atomic E-state index is -0.964. The first-order valence-electron chi connectivity index (χ1n) is 10.3. The van der Waals surface area contributed by atoms with E-state index >= 15 is 0 Å². The van der Waals surface area contributed by atoms with Crippen molar-refractivity contribution in [2.45, 2.75) is 77.2 Å². The van der Waals surface area contributed by atoms with Crippen molar-refractivity contribution in [1.29, 1.82) is 0 Å². The Kier molecular flexibility index (Phi) is 6.44. The van der Waals surface area contributed by atoms with Crippen molar-refractivity contribution < 1.29 is 19.8 Å². The van der Waals surface area contributed by atoms with Gasteiger partial charge in [-0.25, -0.2) is 4.79 Å². The molecule has 1 saturated carbocycles. The lowest BCUT2D eigenvalue weighted by Crippen LogP contribution is -2.43. The fourth-order valence-electron chi connectivity index (χ4n) is 4.05. The predicted molar refractivity (Wildman–Crippen MR) is 116 cm³/mol. The van der Waals surface area contributed by atoms with E-state index in [9.17, 15) is 19.8 Å². The summed E-state index contributed by atoms with van der Waals surface area (Å²) in [6, 6.07) is 7.35. The normalized spacial score (nSPS) is 25.2. The van der Waals surface area contributed by atoms with E-state index in [1.807, 2.05) is 31.2 Å². The van der Waals surface area contributed by atoms with Crippen LogP contribution in [0.3, 0.4) is 0 Å². The molecule has 1 aromatic carbocycles. The van der Waals surface area contributed by atoms with Gasteiger partial charge < -0.3 is 15.1 Å². The van der Waals surface area contributed by atoms with Crippen molar-refractivity contribution >= 4 is 23.6 Å². The lowest BCUT2D eigenvalue weighted by Gasteiger charge is -2.37. The van der Waals surface area contributed by atoms with Crippen LogP contribution >= 0.6 is 11.8 Å². The highest BCUT2D eigenvalue weighted by Gasteiger charge is 2.42. The monoisotopic (exact) mass is 417 g/mol. The number of aryl methyl sites for hydroxylation is 1. The predicted octanol–water partition coefficient (Wildman–Crippen LogP) is 4.59. The first-order chi connectivity index (χ1) is 13.6. The molecule has 3 rings (SSSR count). The van der Waals surface area contributed by atoms with Gasteiger partial charge in [0.15, 0.2) is 0 Å². The van der Waals surface area contributed by atoms with Crippen LogP contribution in [0.2, 0.25) is 0 Å². The number of hydrogen-bond acceptors (Lipinski definition) is 4. The quantitative estimate of drug-likeness (QED) is 0.749. The minimum absolute atomic E-state index is 0.0749. The fraction of sp³-hybridized carbons (Fsp3) is 0.565. The average molecular weight is 418 g/mol. The lowest BCUT2D eigenvalue weighted by atomic mass is 9.87. The second-order valence-corrected chi connectivity index (χ2v) is 10.5. The van der Waals surface area contributed by atoms with Gasteiger partial charge in [0, 0.05) is 29.0 Å². The van der Waals surface area contributed by atoms with E-state index in [1.54, 1.807) is 4.90 Å². The van der Waals surface area contributed by atoms with E-state index in [2.05, 4.69) is 20.8 Å². The summed E-state index contributed by atoms with van der Waals surface area (Å²) in [4.78, 5) is 27.7. The zero-order valence-corrected chi connectivity index (χ0v) is 18.5. The van der Waals surface area contributed by atoms with Crippen molar-refractivity contribution in [3.05, 3.63) is 46.0 Å². The van der Waals surface area contributed by atoms with Crippen LogP contribution in [-0.2, 0) is 4.79 Å². The van der Waals surface area contributed by atoms with Crippen molar-refractivity contribution in [2.24, 2.45) is 5.41 Å². The SMILES string of the molecule is Cc1ccc(C(=O)N(C2=C(C(=O)O)SC(C(C)(C)C)C2)C2CCC(O)CC2)cc1. The van der Waals surface area contributed by atoms with E-state index in [-0.39, 0.29) is 33.6 Å². The molecule has 2 aliphatic rings. The van der Waals surface area contributed by atoms with E-state index in [1.165, 1.54) is 11.8 Å². The van der Waals surface area contributed by atoms with Crippen molar-refractivity contribution in [2.75, 3.05) is 0 Å². The van der Waals surface area contributed by atoms with Crippen LogP contribution in [0, 0.1) is 12.3 Å². The molecule has 1 fully saturated rings. The zero-order valence-electron chi connectivity index (χ0n) is 17.6. The summed E-state index contributed by atoms with van der Waals surface area (Å²) in [7, 11) is 0. The first kappa shape index (κ1) is 21.9. The standard InChI is InChI=1S/C23H31NO4S/c1-14-5-7-15(8-6-14)21(26)24(16-9-11-17(25)12-10-16)18-13-19(23(2,3)4)29-20(18)22(27)28/h5-8,16-17,19,25H,9-13H2,1-4H3,(H,27,28). The van der Waals surface area contributed by atoms with Crippen LogP contribution < -0.4 is 0 Å². The maximum absolute atomic E-state index is 13.6. The number of rotatable bonds is 4. The van der Waals surface area contributed by atoms with Gasteiger partial charge in [-0.15, -0.1) is 11.8 Å². The summed E-state index contributed by atoms with van der Waals surface area (Å²) < 4.78 is 0. The molecule has 1 aliphatic carbocycles. The molecule has 158 valence electrons. The lowest BCUT2D eigenvalue weighted by molar-refractivity contribution is -0.131. The number of aliphatic hydroxyl groups excluding tert-OH is 1. The third-order valence-corrected chi connectivity index (χ3v) is 7.70. The van der Waals surface area contributed by atoms with Gasteiger partial charge in [-0.1, -0.05) is 38.5 Å². The van der Waals surface area contributed by atoms with Gasteiger partial charge >= 0.3 is 5.97 Å². The first-order valence-corrected chi connectivity index (χ1v) is 11.2. The van der Waals surface area contributed by atoms with Crippen molar-refractivity contribution in [3.63, 3.8) is 0 Å². The number of amides is 1. The molecular weight excluding hydrogens is 386 g/mol. The summed E-state index contributed by atoms with van der Waals surface area (Å²) in [6.45, 7) is 8.30. The van der Waals surface area contributed by atoms with Crippen LogP contribution in [0.25, 0.3) is 0 Å². The van der Waals surface area contributed by atoms with Crippen LogP contribution in [0.5, 0.6) is 0 Å². The number of carboxylic acid groups (broad SMARTS) is 1. The zero-order chi connectivity index (χ0) is 21.3. The van der Waals surface area contributed by atoms with E-state index in [0.717, 1.165) is 5.56 Å². The molecule has 0 aromatic heterocycles. The van der Waals surface area contributed by atoms with Crippen LogP contribution in [0.4, 0.5) is 0 Å². The highest BCUT2D eigenvalue weighted by Crippen LogP contribution is 2.48. The third-order valence-electron chi connectivity index (χ3n) is 5.90. The molecular formula is C23H31NO4S. The van der Waals surface area contributed by atoms with Crippen LogP contribution in [-0.4, -0.2) is 44.4 Å². The van der Waals surface area contributed by atoms with Gasteiger partial charge in [0.05, 0.1) is 6.10 Å². The Bertz CT molecular complexity index is 801. The van der Waals surface area contributed by atoms with E-state index in [4.69, 9.17) is 0 Å². The van der Waals surface area contributed by atoms with Gasteiger partial charge in [-0.3, -0.25) is 4.79 Å². The molecule has 2 N–H and O–H groups in total. The molecule has 29 heavy (non-hydrogen) atoms. The van der Waals surface area contributed by atoms with Gasteiger partial charge in [0.1, 0.15) is 4.91 Å². The maximum Gasteiger partial charge on any atom is 0.343 e. The second-order valence-electron chi connectivity index (χ2n) is 9.26. The molecule has 0 saturated heterocycles. The summed E-state index contributed by atoms with van der Waals surface area (Å²) in [5.74, 6) is -1.11. The van der Waals surface area contributed by atoms with Gasteiger partial charge in [0.2, 0.25) is 0 Å². The Morgan fingerprint density at radius 3 is 2.17 bits per heavy atom. The number of aliphatic hydroxyl groups is 1. The molecule has 1 heterocycles. The number of aliphatic carboxylic acids is 1. The molecule has 1 atom stereocenters. The van der Waals surface area contributed by atoms with Crippen molar-refractivity contribution in [3.8, 4) is 0 Å². The maximum atomic E-state index is 13.6. The van der Waals surface area contributed by atoms with Gasteiger partial charge in [-0.05, 0) is 50.2 Å². The smallest absolute Gasteiger partial charge is 0.343 e. The number of hydrogen-bond donors (Lipinski definition) is 2. The molecule has 5 nitrogen and oxygen atoms in total. The van der Waals surface area contributed by atoms with E-state index < -0.39 is 5.97 Å². The molecule has 0 radical (unpaired) electrons. The largest absolute Gasteiger partial charge is 0.477 e. The Hall–Kier alpha value is -1.79. The Balaban J connectivity index is 2.01. The Labute approximate surface area is 177 Å².